The van der Waals surface area contributed by atoms with Gasteiger partial charge < -0.3 is 19.7 Å². The first-order valence-corrected chi connectivity index (χ1v) is 7.91. The highest BCUT2D eigenvalue weighted by atomic mass is 16.3. The highest BCUT2D eigenvalue weighted by Gasteiger charge is 2.23. The second-order valence-electron chi connectivity index (χ2n) is 5.91. The Morgan fingerprint density at radius 3 is 1.96 bits per heavy atom. The first-order chi connectivity index (χ1) is 12.5. The Morgan fingerprint density at radius 1 is 0.731 bits per heavy atom. The number of rotatable bonds is 3. The van der Waals surface area contributed by atoms with E-state index in [4.69, 9.17) is 4.42 Å². The van der Waals surface area contributed by atoms with Gasteiger partial charge in [-0.2, -0.15) is 0 Å². The summed E-state index contributed by atoms with van der Waals surface area (Å²) >= 11 is 0. The van der Waals surface area contributed by atoms with Crippen LogP contribution in [0.1, 0.15) is 16.1 Å². The molecule has 0 unspecified atom stereocenters. The first-order valence-electron chi connectivity index (χ1n) is 7.91. The van der Waals surface area contributed by atoms with Gasteiger partial charge >= 0.3 is 0 Å². The summed E-state index contributed by atoms with van der Waals surface area (Å²) in [5.74, 6) is -0.00155. The predicted octanol–water partition coefficient (Wildman–Crippen LogP) is 4.45. The molecule has 128 valence electrons. The lowest BCUT2D eigenvalue weighted by atomic mass is 9.98. The number of phenols is 3. The second-order valence-corrected chi connectivity index (χ2v) is 5.91. The second kappa shape index (κ2) is 5.97. The third-order valence-electron chi connectivity index (χ3n) is 4.17. The van der Waals surface area contributed by atoms with Crippen molar-refractivity contribution in [3.8, 4) is 28.4 Å². The summed E-state index contributed by atoms with van der Waals surface area (Å²) in [7, 11) is 0. The van der Waals surface area contributed by atoms with Crippen LogP contribution in [0.25, 0.3) is 22.1 Å². The van der Waals surface area contributed by atoms with E-state index in [1.165, 1.54) is 48.5 Å². The lowest BCUT2D eigenvalue weighted by Gasteiger charge is -2.04. The molecule has 0 aliphatic rings. The molecule has 0 atom stereocenters. The monoisotopic (exact) mass is 346 g/mol. The van der Waals surface area contributed by atoms with Crippen molar-refractivity contribution in [1.82, 2.24) is 0 Å². The molecule has 5 heteroatoms. The molecule has 0 aliphatic heterocycles. The van der Waals surface area contributed by atoms with Crippen LogP contribution in [0.2, 0.25) is 0 Å². The number of hydrogen-bond donors (Lipinski definition) is 3. The Balaban J connectivity index is 1.95. The molecule has 3 aromatic carbocycles. The maximum absolute atomic E-state index is 13.0. The summed E-state index contributed by atoms with van der Waals surface area (Å²) in [5, 5.41) is 29.4. The lowest BCUT2D eigenvalue weighted by Crippen LogP contribution is -2.01. The van der Waals surface area contributed by atoms with E-state index in [-0.39, 0.29) is 28.8 Å². The summed E-state index contributed by atoms with van der Waals surface area (Å²) in [4.78, 5) is 13.0. The summed E-state index contributed by atoms with van der Waals surface area (Å²) in [6.45, 7) is 0. The van der Waals surface area contributed by atoms with Crippen LogP contribution in [0, 0.1) is 0 Å². The van der Waals surface area contributed by atoms with Crippen LogP contribution in [0.4, 0.5) is 0 Å². The van der Waals surface area contributed by atoms with Crippen LogP contribution in [0.5, 0.6) is 17.2 Å². The number of ketones is 1. The number of carbonyl (C=O) groups is 1. The minimum atomic E-state index is -0.344. The van der Waals surface area contributed by atoms with Crippen molar-refractivity contribution in [3.05, 3.63) is 78.1 Å². The third-order valence-corrected chi connectivity index (χ3v) is 4.17. The normalized spacial score (nSPS) is 10.9. The van der Waals surface area contributed by atoms with Gasteiger partial charge in [0.2, 0.25) is 5.78 Å². The highest BCUT2D eigenvalue weighted by Crippen LogP contribution is 2.38. The van der Waals surface area contributed by atoms with Gasteiger partial charge in [-0.1, -0.05) is 12.1 Å². The van der Waals surface area contributed by atoms with E-state index in [2.05, 4.69) is 0 Å². The summed E-state index contributed by atoms with van der Waals surface area (Å²) < 4.78 is 5.78. The van der Waals surface area contributed by atoms with E-state index in [0.29, 0.717) is 27.7 Å². The molecule has 26 heavy (non-hydrogen) atoms. The first kappa shape index (κ1) is 15.8. The SMILES string of the molecule is O=C(c1ccc(O)cc1)c1oc2cc(O)ccc2c1-c1ccc(O)cc1. The largest absolute Gasteiger partial charge is 0.508 e. The van der Waals surface area contributed by atoms with Crippen molar-refractivity contribution in [2.24, 2.45) is 0 Å². The molecule has 1 aromatic heterocycles. The van der Waals surface area contributed by atoms with Crippen LogP contribution < -0.4 is 0 Å². The van der Waals surface area contributed by atoms with Gasteiger partial charge in [-0.25, -0.2) is 0 Å². The Kier molecular flexibility index (Phi) is 3.62. The van der Waals surface area contributed by atoms with Crippen molar-refractivity contribution >= 4 is 16.8 Å². The molecular weight excluding hydrogens is 332 g/mol. The summed E-state index contributed by atoms with van der Waals surface area (Å²) in [6, 6.07) is 17.0. The Hall–Kier alpha value is -3.73. The summed E-state index contributed by atoms with van der Waals surface area (Å²) in [5.41, 5.74) is 2.04. The molecule has 0 amide bonds. The molecule has 1 heterocycles. The van der Waals surface area contributed by atoms with Gasteiger partial charge in [0, 0.05) is 22.6 Å². The smallest absolute Gasteiger partial charge is 0.228 e. The zero-order chi connectivity index (χ0) is 18.3. The number of furan rings is 1. The number of fused-ring (bicyclic) bond motifs is 1. The molecule has 0 aliphatic carbocycles. The maximum atomic E-state index is 13.0. The molecule has 0 spiro atoms. The van der Waals surface area contributed by atoms with Crippen molar-refractivity contribution in [2.75, 3.05) is 0 Å². The van der Waals surface area contributed by atoms with Crippen molar-refractivity contribution in [1.29, 1.82) is 0 Å². The predicted molar refractivity (Wildman–Crippen MR) is 96.5 cm³/mol. The molecular formula is C21H14O5. The maximum Gasteiger partial charge on any atom is 0.228 e. The van der Waals surface area contributed by atoms with Gasteiger partial charge in [0.25, 0.3) is 0 Å². The quantitative estimate of drug-likeness (QED) is 0.477. The fourth-order valence-corrected chi connectivity index (χ4v) is 2.90. The topological polar surface area (TPSA) is 90.9 Å². The van der Waals surface area contributed by atoms with E-state index in [9.17, 15) is 20.1 Å². The Morgan fingerprint density at radius 2 is 1.31 bits per heavy atom. The van der Waals surface area contributed by atoms with E-state index < -0.39 is 0 Å². The molecule has 5 nitrogen and oxygen atoms in total. The highest BCUT2D eigenvalue weighted by molar-refractivity contribution is 6.15. The number of phenolic OH excluding ortho intramolecular Hbond substituents is 3. The minimum absolute atomic E-state index is 0.0344. The number of hydrogen-bond acceptors (Lipinski definition) is 5. The average Bonchev–Trinajstić information content (AvgIpc) is 3.01. The minimum Gasteiger partial charge on any atom is -0.508 e. The van der Waals surface area contributed by atoms with E-state index in [0.717, 1.165) is 0 Å². The summed E-state index contributed by atoms with van der Waals surface area (Å²) in [6.07, 6.45) is 0. The van der Waals surface area contributed by atoms with E-state index in [1.54, 1.807) is 18.2 Å². The fraction of sp³-hybridized carbons (Fsp3) is 0. The molecule has 4 aromatic rings. The van der Waals surface area contributed by atoms with Gasteiger partial charge in [-0.05, 0) is 54.1 Å². The van der Waals surface area contributed by atoms with Crippen molar-refractivity contribution < 1.29 is 24.5 Å². The number of benzene rings is 3. The molecule has 0 bridgehead atoms. The number of carbonyl (C=O) groups excluding carboxylic acids is 1. The zero-order valence-electron chi connectivity index (χ0n) is 13.5. The van der Waals surface area contributed by atoms with Crippen LogP contribution in [0.15, 0.2) is 71.1 Å². The van der Waals surface area contributed by atoms with Crippen LogP contribution >= 0.6 is 0 Å². The van der Waals surface area contributed by atoms with Crippen molar-refractivity contribution in [2.45, 2.75) is 0 Å². The van der Waals surface area contributed by atoms with Crippen LogP contribution in [-0.4, -0.2) is 21.1 Å². The number of aromatic hydroxyl groups is 3. The zero-order valence-corrected chi connectivity index (χ0v) is 13.5. The molecule has 0 radical (unpaired) electrons. The fourth-order valence-electron chi connectivity index (χ4n) is 2.90. The van der Waals surface area contributed by atoms with Gasteiger partial charge in [0.1, 0.15) is 22.8 Å². The van der Waals surface area contributed by atoms with Gasteiger partial charge in [0.15, 0.2) is 5.76 Å². The molecule has 0 saturated heterocycles. The Bertz CT molecular complexity index is 1110. The third kappa shape index (κ3) is 2.65. The molecule has 3 N–H and O–H groups in total. The van der Waals surface area contributed by atoms with E-state index in [1.807, 2.05) is 0 Å². The van der Waals surface area contributed by atoms with Gasteiger partial charge in [0.05, 0.1) is 0 Å². The Labute approximate surface area is 148 Å². The molecule has 0 fully saturated rings. The average molecular weight is 346 g/mol. The van der Waals surface area contributed by atoms with Crippen molar-refractivity contribution in [3.63, 3.8) is 0 Å². The standard InChI is InChI=1S/C21H14O5/c22-14-5-1-12(2-6-14)19-17-10-9-16(24)11-18(17)26-21(19)20(25)13-3-7-15(23)8-4-13/h1-11,22-24H. The van der Waals surface area contributed by atoms with Gasteiger partial charge in [-0.15, -0.1) is 0 Å². The van der Waals surface area contributed by atoms with Crippen LogP contribution in [-0.2, 0) is 0 Å². The van der Waals surface area contributed by atoms with Gasteiger partial charge in [-0.3, -0.25) is 4.79 Å². The molecule has 0 saturated carbocycles. The lowest BCUT2D eigenvalue weighted by molar-refractivity contribution is 0.101. The van der Waals surface area contributed by atoms with Crippen LogP contribution in [0.3, 0.4) is 0 Å². The van der Waals surface area contributed by atoms with E-state index >= 15 is 0 Å². The molecule has 4 rings (SSSR count).